The van der Waals surface area contributed by atoms with Gasteiger partial charge in [0.1, 0.15) is 17.6 Å². The van der Waals surface area contributed by atoms with Gasteiger partial charge in [-0.1, -0.05) is 19.3 Å². The highest BCUT2D eigenvalue weighted by Crippen LogP contribution is 2.44. The Bertz CT molecular complexity index is 438. The Morgan fingerprint density at radius 1 is 1.05 bits per heavy atom. The molecule has 4 nitrogen and oxygen atoms in total. The molecule has 1 aliphatic rings. The van der Waals surface area contributed by atoms with Gasteiger partial charge >= 0.3 is 0 Å². The van der Waals surface area contributed by atoms with Crippen LogP contribution in [0.15, 0.2) is 18.2 Å². The molecule has 20 heavy (non-hydrogen) atoms. The van der Waals surface area contributed by atoms with E-state index in [9.17, 15) is 5.11 Å². The van der Waals surface area contributed by atoms with E-state index in [1.807, 2.05) is 12.1 Å². The van der Waals surface area contributed by atoms with E-state index in [2.05, 4.69) is 0 Å². The topological polar surface area (TPSA) is 47.9 Å². The second kappa shape index (κ2) is 6.46. The normalized spacial score (nSPS) is 19.4. The molecular formula is C16H24O4. The molecule has 0 heterocycles. The molecule has 1 N–H and O–H groups in total. The first kappa shape index (κ1) is 15.1. The Morgan fingerprint density at radius 2 is 1.75 bits per heavy atom. The first-order chi connectivity index (χ1) is 9.66. The van der Waals surface area contributed by atoms with Crippen molar-refractivity contribution in [1.82, 2.24) is 0 Å². The predicted octanol–water partition coefficient (Wildman–Crippen LogP) is 3.09. The summed E-state index contributed by atoms with van der Waals surface area (Å²) >= 11 is 0. The van der Waals surface area contributed by atoms with Gasteiger partial charge in [-0.3, -0.25) is 0 Å². The number of methoxy groups -OCH3 is 3. The summed E-state index contributed by atoms with van der Waals surface area (Å²) in [6, 6.07) is 5.50. The molecule has 1 aliphatic carbocycles. The Balaban J connectivity index is 2.33. The van der Waals surface area contributed by atoms with Crippen LogP contribution >= 0.6 is 0 Å². The molecule has 0 bridgehead atoms. The lowest BCUT2D eigenvalue weighted by molar-refractivity contribution is -0.125. The molecular weight excluding hydrogens is 256 g/mol. The summed E-state index contributed by atoms with van der Waals surface area (Å²) in [5.74, 6) is 1.35. The molecule has 0 aliphatic heterocycles. The van der Waals surface area contributed by atoms with Crippen LogP contribution in [0.3, 0.4) is 0 Å². The summed E-state index contributed by atoms with van der Waals surface area (Å²) in [4.78, 5) is 0. The second-order valence-electron chi connectivity index (χ2n) is 5.34. The minimum atomic E-state index is -0.686. The van der Waals surface area contributed by atoms with Crippen molar-refractivity contribution in [3.8, 4) is 11.5 Å². The average Bonchev–Trinajstić information content (AvgIpc) is 2.54. The van der Waals surface area contributed by atoms with Gasteiger partial charge in [0.15, 0.2) is 0 Å². The van der Waals surface area contributed by atoms with Crippen LogP contribution in [0.25, 0.3) is 0 Å². The molecule has 1 aromatic carbocycles. The van der Waals surface area contributed by atoms with Crippen molar-refractivity contribution in [3.63, 3.8) is 0 Å². The van der Waals surface area contributed by atoms with Gasteiger partial charge in [0.05, 0.1) is 19.8 Å². The monoisotopic (exact) mass is 280 g/mol. The molecule has 1 fully saturated rings. The van der Waals surface area contributed by atoms with Gasteiger partial charge in [0.2, 0.25) is 0 Å². The first-order valence-electron chi connectivity index (χ1n) is 7.12. The Hall–Kier alpha value is -1.26. The molecule has 0 spiro atoms. The fourth-order valence-corrected chi connectivity index (χ4v) is 3.07. The van der Waals surface area contributed by atoms with Gasteiger partial charge in [-0.2, -0.15) is 0 Å². The van der Waals surface area contributed by atoms with E-state index in [1.165, 1.54) is 6.42 Å². The number of aliphatic hydroxyl groups excluding tert-OH is 1. The molecule has 2 rings (SSSR count). The number of aliphatic hydroxyl groups is 1. The van der Waals surface area contributed by atoms with E-state index < -0.39 is 11.7 Å². The molecule has 112 valence electrons. The fourth-order valence-electron chi connectivity index (χ4n) is 3.07. The summed E-state index contributed by atoms with van der Waals surface area (Å²) in [6.07, 6.45) is 4.44. The van der Waals surface area contributed by atoms with Gasteiger partial charge in [-0.25, -0.2) is 0 Å². The largest absolute Gasteiger partial charge is 0.497 e. The predicted molar refractivity (Wildman–Crippen MR) is 77.3 cm³/mol. The molecule has 4 heteroatoms. The van der Waals surface area contributed by atoms with Gasteiger partial charge in [-0.15, -0.1) is 0 Å². The quantitative estimate of drug-likeness (QED) is 0.900. The summed E-state index contributed by atoms with van der Waals surface area (Å²) < 4.78 is 16.3. The molecule has 0 aromatic heterocycles. The van der Waals surface area contributed by atoms with E-state index in [0.29, 0.717) is 11.5 Å². The van der Waals surface area contributed by atoms with E-state index in [1.54, 1.807) is 27.4 Å². The number of ether oxygens (including phenoxy) is 3. The molecule has 0 amide bonds. The molecule has 0 radical (unpaired) electrons. The Labute approximate surface area is 120 Å². The van der Waals surface area contributed by atoms with Crippen molar-refractivity contribution in [3.05, 3.63) is 23.8 Å². The number of rotatable bonds is 5. The van der Waals surface area contributed by atoms with Gasteiger partial charge in [0.25, 0.3) is 0 Å². The highest BCUT2D eigenvalue weighted by molar-refractivity contribution is 5.43. The maximum absolute atomic E-state index is 10.8. The lowest BCUT2D eigenvalue weighted by atomic mass is 9.78. The van der Waals surface area contributed by atoms with Crippen LogP contribution in [-0.2, 0) is 4.74 Å². The van der Waals surface area contributed by atoms with Crippen molar-refractivity contribution < 1.29 is 19.3 Å². The Morgan fingerprint density at radius 3 is 2.30 bits per heavy atom. The zero-order chi connectivity index (χ0) is 14.6. The van der Waals surface area contributed by atoms with E-state index >= 15 is 0 Å². The van der Waals surface area contributed by atoms with Crippen molar-refractivity contribution >= 4 is 0 Å². The fraction of sp³-hybridized carbons (Fsp3) is 0.625. The van der Waals surface area contributed by atoms with Gasteiger partial charge in [0, 0.05) is 18.7 Å². The third-order valence-corrected chi connectivity index (χ3v) is 4.34. The summed E-state index contributed by atoms with van der Waals surface area (Å²) in [7, 11) is 4.90. The SMILES string of the molecule is COc1ccc(C(O)C2(OC)CCCCC2)c(OC)c1. The van der Waals surface area contributed by atoms with Gasteiger partial charge < -0.3 is 19.3 Å². The van der Waals surface area contributed by atoms with Crippen LogP contribution in [0.4, 0.5) is 0 Å². The van der Waals surface area contributed by atoms with Crippen LogP contribution < -0.4 is 9.47 Å². The zero-order valence-electron chi connectivity index (χ0n) is 12.5. The standard InChI is InChI=1S/C16H24O4/c1-18-12-7-8-13(14(11-12)19-2)15(17)16(20-3)9-5-4-6-10-16/h7-8,11,15,17H,4-6,9-10H2,1-3H3. The van der Waals surface area contributed by atoms with E-state index in [-0.39, 0.29) is 0 Å². The van der Waals surface area contributed by atoms with Crippen molar-refractivity contribution in [2.45, 2.75) is 43.8 Å². The second-order valence-corrected chi connectivity index (χ2v) is 5.34. The van der Waals surface area contributed by atoms with Crippen molar-refractivity contribution in [1.29, 1.82) is 0 Å². The number of benzene rings is 1. The third-order valence-electron chi connectivity index (χ3n) is 4.34. The summed E-state index contributed by atoms with van der Waals surface area (Å²) in [6.45, 7) is 0. The van der Waals surface area contributed by atoms with Crippen molar-refractivity contribution in [2.75, 3.05) is 21.3 Å². The molecule has 1 aromatic rings. The highest BCUT2D eigenvalue weighted by atomic mass is 16.5. The van der Waals surface area contributed by atoms with Crippen LogP contribution in [0.2, 0.25) is 0 Å². The third kappa shape index (κ3) is 2.76. The number of hydrogen-bond acceptors (Lipinski definition) is 4. The molecule has 1 unspecified atom stereocenters. The summed E-state index contributed by atoms with van der Waals surface area (Å²) in [5, 5.41) is 10.8. The maximum Gasteiger partial charge on any atom is 0.128 e. The minimum Gasteiger partial charge on any atom is -0.497 e. The zero-order valence-corrected chi connectivity index (χ0v) is 12.5. The average molecular weight is 280 g/mol. The van der Waals surface area contributed by atoms with E-state index in [0.717, 1.165) is 31.2 Å². The minimum absolute atomic E-state index is 0.500. The molecule has 1 atom stereocenters. The Kier molecular flexibility index (Phi) is 4.89. The molecule has 1 saturated carbocycles. The highest BCUT2D eigenvalue weighted by Gasteiger charge is 2.41. The lowest BCUT2D eigenvalue weighted by Gasteiger charge is -2.40. The molecule has 0 saturated heterocycles. The first-order valence-corrected chi connectivity index (χ1v) is 7.12. The smallest absolute Gasteiger partial charge is 0.128 e. The van der Waals surface area contributed by atoms with Gasteiger partial charge in [-0.05, 0) is 25.0 Å². The van der Waals surface area contributed by atoms with Crippen molar-refractivity contribution in [2.24, 2.45) is 0 Å². The van der Waals surface area contributed by atoms with Crippen LogP contribution in [0.1, 0.15) is 43.8 Å². The number of hydrogen-bond donors (Lipinski definition) is 1. The van der Waals surface area contributed by atoms with E-state index in [4.69, 9.17) is 14.2 Å². The van der Waals surface area contributed by atoms with Crippen LogP contribution in [-0.4, -0.2) is 32.0 Å². The summed E-state index contributed by atoms with van der Waals surface area (Å²) in [5.41, 5.74) is 0.261. The maximum atomic E-state index is 10.8. The lowest BCUT2D eigenvalue weighted by Crippen LogP contribution is -2.40. The van der Waals surface area contributed by atoms with Crippen LogP contribution in [0.5, 0.6) is 11.5 Å². The van der Waals surface area contributed by atoms with Crippen LogP contribution in [0, 0.1) is 0 Å².